The van der Waals surface area contributed by atoms with E-state index >= 15 is 0 Å². The predicted molar refractivity (Wildman–Crippen MR) is 93.6 cm³/mol. The summed E-state index contributed by atoms with van der Waals surface area (Å²) in [5.41, 5.74) is 6.61. The molecule has 0 saturated carbocycles. The molecule has 1 amide bonds. The van der Waals surface area contributed by atoms with Gasteiger partial charge in [-0.05, 0) is 38.3 Å². The molecule has 0 aliphatic carbocycles. The molecule has 24 heavy (non-hydrogen) atoms. The molecule has 0 spiro atoms. The summed E-state index contributed by atoms with van der Waals surface area (Å²) in [6.45, 7) is 3.06. The minimum absolute atomic E-state index is 0.0284. The summed E-state index contributed by atoms with van der Waals surface area (Å²) < 4.78 is 1.52. The van der Waals surface area contributed by atoms with E-state index in [0.29, 0.717) is 23.9 Å². The van der Waals surface area contributed by atoms with Gasteiger partial charge in [-0.25, -0.2) is 4.98 Å². The fourth-order valence-corrected chi connectivity index (χ4v) is 3.44. The summed E-state index contributed by atoms with van der Waals surface area (Å²) in [4.78, 5) is 31.3. The van der Waals surface area contributed by atoms with E-state index < -0.39 is 0 Å². The fourth-order valence-electron chi connectivity index (χ4n) is 3.44. The molecule has 1 aliphatic heterocycles. The normalized spacial score (nSPS) is 19.4. The van der Waals surface area contributed by atoms with Crippen molar-refractivity contribution in [2.75, 3.05) is 6.54 Å². The molecule has 1 aliphatic rings. The number of rotatable bonds is 4. The van der Waals surface area contributed by atoms with Gasteiger partial charge in [0.15, 0.2) is 0 Å². The number of benzene rings is 1. The Morgan fingerprint density at radius 3 is 2.96 bits per heavy atom. The third-order valence-electron chi connectivity index (χ3n) is 4.77. The Balaban J connectivity index is 1.72. The molecule has 2 atom stereocenters. The minimum atomic E-state index is -0.101. The number of amides is 1. The lowest BCUT2D eigenvalue weighted by Gasteiger charge is -2.38. The lowest BCUT2D eigenvalue weighted by atomic mass is 9.96. The Kier molecular flexibility index (Phi) is 4.94. The maximum atomic E-state index is 12.6. The van der Waals surface area contributed by atoms with E-state index in [4.69, 9.17) is 5.73 Å². The van der Waals surface area contributed by atoms with Crippen LogP contribution in [0.2, 0.25) is 0 Å². The summed E-state index contributed by atoms with van der Waals surface area (Å²) in [5.74, 6) is 0.0667. The van der Waals surface area contributed by atoms with E-state index in [9.17, 15) is 9.59 Å². The molecule has 1 aromatic carbocycles. The lowest BCUT2D eigenvalue weighted by Crippen LogP contribution is -2.51. The number of para-hydroxylation sites is 1. The van der Waals surface area contributed by atoms with Gasteiger partial charge in [-0.3, -0.25) is 14.2 Å². The second kappa shape index (κ2) is 7.13. The van der Waals surface area contributed by atoms with Crippen LogP contribution < -0.4 is 11.3 Å². The SMILES string of the molecule is C[C@H](N)[C@H]1CCCCN1C(=O)CCn1cnc2ccccc2c1=O. The van der Waals surface area contributed by atoms with Gasteiger partial charge in [-0.1, -0.05) is 12.1 Å². The number of carbonyl (C=O) groups is 1. The van der Waals surface area contributed by atoms with Crippen LogP contribution in [-0.4, -0.2) is 39.0 Å². The number of nitrogens with two attached hydrogens (primary N) is 1. The van der Waals surface area contributed by atoms with Crippen molar-refractivity contribution in [2.24, 2.45) is 5.73 Å². The monoisotopic (exact) mass is 328 g/mol. The van der Waals surface area contributed by atoms with Crippen LogP contribution in [0.3, 0.4) is 0 Å². The van der Waals surface area contributed by atoms with Gasteiger partial charge in [0.1, 0.15) is 0 Å². The van der Waals surface area contributed by atoms with Gasteiger partial charge in [-0.2, -0.15) is 0 Å². The highest BCUT2D eigenvalue weighted by atomic mass is 16.2. The molecule has 128 valence electrons. The third-order valence-corrected chi connectivity index (χ3v) is 4.77. The number of likely N-dealkylation sites (tertiary alicyclic amines) is 1. The first-order valence-electron chi connectivity index (χ1n) is 8.57. The number of piperidine rings is 1. The van der Waals surface area contributed by atoms with E-state index in [1.165, 1.54) is 10.9 Å². The van der Waals surface area contributed by atoms with Gasteiger partial charge in [-0.15, -0.1) is 0 Å². The zero-order valence-corrected chi connectivity index (χ0v) is 14.0. The first kappa shape index (κ1) is 16.6. The molecule has 1 aromatic heterocycles. The number of hydrogen-bond donors (Lipinski definition) is 1. The zero-order chi connectivity index (χ0) is 17.1. The average molecular weight is 328 g/mol. The van der Waals surface area contributed by atoms with E-state index in [2.05, 4.69) is 4.98 Å². The predicted octanol–water partition coefficient (Wildman–Crippen LogP) is 1.51. The number of carbonyl (C=O) groups excluding carboxylic acids is 1. The highest BCUT2D eigenvalue weighted by Gasteiger charge is 2.28. The molecule has 6 nitrogen and oxygen atoms in total. The van der Waals surface area contributed by atoms with Crippen molar-refractivity contribution in [1.29, 1.82) is 0 Å². The number of hydrogen-bond acceptors (Lipinski definition) is 4. The Morgan fingerprint density at radius 1 is 1.38 bits per heavy atom. The molecule has 0 bridgehead atoms. The lowest BCUT2D eigenvalue weighted by molar-refractivity contribution is -0.135. The van der Waals surface area contributed by atoms with Crippen LogP contribution in [0.15, 0.2) is 35.4 Å². The summed E-state index contributed by atoms with van der Waals surface area (Å²) in [6.07, 6.45) is 4.91. The molecule has 2 heterocycles. The molecule has 2 aromatic rings. The Bertz CT molecular complexity index is 784. The highest BCUT2D eigenvalue weighted by Crippen LogP contribution is 2.20. The summed E-state index contributed by atoms with van der Waals surface area (Å²) in [7, 11) is 0. The molecule has 0 radical (unpaired) electrons. The minimum Gasteiger partial charge on any atom is -0.338 e. The number of aryl methyl sites for hydroxylation is 1. The molecule has 3 rings (SSSR count). The average Bonchev–Trinajstić information content (AvgIpc) is 2.61. The quantitative estimate of drug-likeness (QED) is 0.922. The van der Waals surface area contributed by atoms with Gasteiger partial charge in [0.2, 0.25) is 5.91 Å². The van der Waals surface area contributed by atoms with Crippen LogP contribution in [0.5, 0.6) is 0 Å². The van der Waals surface area contributed by atoms with Crippen molar-refractivity contribution >= 4 is 16.8 Å². The third kappa shape index (κ3) is 3.33. The maximum absolute atomic E-state index is 12.6. The van der Waals surface area contributed by atoms with Gasteiger partial charge >= 0.3 is 0 Å². The van der Waals surface area contributed by atoms with Crippen molar-refractivity contribution in [3.8, 4) is 0 Å². The molecular formula is C18H24N4O2. The molecule has 1 fully saturated rings. The Hall–Kier alpha value is -2.21. The smallest absolute Gasteiger partial charge is 0.261 e. The standard InChI is InChI=1S/C18H24N4O2/c1-13(19)16-8-4-5-10-22(16)17(23)9-11-21-12-20-15-7-3-2-6-14(15)18(21)24/h2-3,6-7,12-13,16H,4-5,8-11,19H2,1H3/t13-,16+/m0/s1. The topological polar surface area (TPSA) is 81.2 Å². The molecule has 2 N–H and O–H groups in total. The van der Waals surface area contributed by atoms with Crippen LogP contribution in [0.1, 0.15) is 32.6 Å². The van der Waals surface area contributed by atoms with Crippen LogP contribution in [0.25, 0.3) is 10.9 Å². The van der Waals surface area contributed by atoms with E-state index in [0.717, 1.165) is 25.8 Å². The van der Waals surface area contributed by atoms with Crippen LogP contribution >= 0.6 is 0 Å². The number of fused-ring (bicyclic) bond motifs is 1. The summed E-state index contributed by atoms with van der Waals surface area (Å²) in [5, 5.41) is 0.582. The number of nitrogens with zero attached hydrogens (tertiary/aromatic N) is 3. The Labute approximate surface area is 141 Å². The van der Waals surface area contributed by atoms with E-state index in [1.807, 2.05) is 30.0 Å². The largest absolute Gasteiger partial charge is 0.338 e. The van der Waals surface area contributed by atoms with Gasteiger partial charge < -0.3 is 10.6 Å². The van der Waals surface area contributed by atoms with E-state index in [1.54, 1.807) is 6.07 Å². The second-order valence-corrected chi connectivity index (χ2v) is 6.52. The molecule has 0 unspecified atom stereocenters. The summed E-state index contributed by atoms with van der Waals surface area (Å²) >= 11 is 0. The van der Waals surface area contributed by atoms with Crippen LogP contribution in [-0.2, 0) is 11.3 Å². The maximum Gasteiger partial charge on any atom is 0.261 e. The van der Waals surface area contributed by atoms with E-state index in [-0.39, 0.29) is 23.6 Å². The highest BCUT2D eigenvalue weighted by molar-refractivity contribution is 5.78. The zero-order valence-electron chi connectivity index (χ0n) is 14.0. The van der Waals surface area contributed by atoms with Crippen molar-refractivity contribution in [1.82, 2.24) is 14.5 Å². The van der Waals surface area contributed by atoms with Crippen LogP contribution in [0, 0.1) is 0 Å². The second-order valence-electron chi connectivity index (χ2n) is 6.52. The van der Waals surface area contributed by atoms with Gasteiger partial charge in [0.05, 0.1) is 17.2 Å². The van der Waals surface area contributed by atoms with Crippen molar-refractivity contribution in [3.05, 3.63) is 40.9 Å². The first-order chi connectivity index (χ1) is 11.6. The molecule has 1 saturated heterocycles. The van der Waals surface area contributed by atoms with Crippen molar-refractivity contribution in [3.63, 3.8) is 0 Å². The van der Waals surface area contributed by atoms with Gasteiger partial charge in [0.25, 0.3) is 5.56 Å². The molecular weight excluding hydrogens is 304 g/mol. The Morgan fingerprint density at radius 2 is 2.17 bits per heavy atom. The van der Waals surface area contributed by atoms with Gasteiger partial charge in [0, 0.05) is 31.6 Å². The van der Waals surface area contributed by atoms with Crippen LogP contribution in [0.4, 0.5) is 0 Å². The number of aromatic nitrogens is 2. The fraction of sp³-hybridized carbons (Fsp3) is 0.500. The van der Waals surface area contributed by atoms with Crippen molar-refractivity contribution < 1.29 is 4.79 Å². The van der Waals surface area contributed by atoms with Crippen molar-refractivity contribution in [2.45, 2.75) is 51.2 Å². The summed E-state index contributed by atoms with van der Waals surface area (Å²) in [6, 6.07) is 7.33. The molecule has 6 heteroatoms. The first-order valence-corrected chi connectivity index (χ1v) is 8.57.